The van der Waals surface area contributed by atoms with E-state index in [4.69, 9.17) is 5.11 Å². The zero-order chi connectivity index (χ0) is 13.8. The number of hydrogen-bond acceptors (Lipinski definition) is 2. The zero-order valence-corrected chi connectivity index (χ0v) is 9.70. The molecule has 0 bridgehead atoms. The first kappa shape index (κ1) is 14.5. The van der Waals surface area contributed by atoms with E-state index in [-0.39, 0.29) is 12.0 Å². The predicted molar refractivity (Wildman–Crippen MR) is 58.2 cm³/mol. The van der Waals surface area contributed by atoms with Crippen LogP contribution in [0, 0.1) is 0 Å². The van der Waals surface area contributed by atoms with Crippen LogP contribution in [0.4, 0.5) is 13.2 Å². The summed E-state index contributed by atoms with van der Waals surface area (Å²) in [5.41, 5.74) is 0.683. The number of alkyl halides is 3. The summed E-state index contributed by atoms with van der Waals surface area (Å²) < 4.78 is 42.1. The predicted octanol–water partition coefficient (Wildman–Crippen LogP) is 2.95. The molecular weight excluding hydrogens is 249 g/mol. The lowest BCUT2D eigenvalue weighted by atomic mass is 10.0. The lowest BCUT2D eigenvalue weighted by Crippen LogP contribution is -2.22. The average molecular weight is 262 g/mol. The third kappa shape index (κ3) is 4.03. The van der Waals surface area contributed by atoms with Gasteiger partial charge in [0.25, 0.3) is 0 Å². The Kier molecular flexibility index (Phi) is 4.72. The molecule has 1 rings (SSSR count). The highest BCUT2D eigenvalue weighted by molar-refractivity contribution is 5.67. The van der Waals surface area contributed by atoms with Crippen LogP contribution in [0.3, 0.4) is 0 Å². The summed E-state index contributed by atoms with van der Waals surface area (Å²) in [6.45, 7) is 0. The van der Waals surface area contributed by atoms with E-state index < -0.39 is 18.2 Å². The van der Waals surface area contributed by atoms with Crippen LogP contribution < -0.4 is 0 Å². The molecule has 1 unspecified atom stereocenters. The van der Waals surface area contributed by atoms with Gasteiger partial charge in [0.15, 0.2) is 6.10 Å². The minimum atomic E-state index is -4.46. The van der Waals surface area contributed by atoms with Gasteiger partial charge >= 0.3 is 12.1 Å². The summed E-state index contributed by atoms with van der Waals surface area (Å²) in [7, 11) is 0.997. The van der Waals surface area contributed by atoms with Crippen molar-refractivity contribution in [1.82, 2.24) is 0 Å². The van der Waals surface area contributed by atoms with E-state index in [2.05, 4.69) is 4.74 Å². The molecule has 100 valence electrons. The van der Waals surface area contributed by atoms with Crippen LogP contribution in [-0.4, -0.2) is 24.4 Å². The first-order chi connectivity index (χ1) is 8.34. The highest BCUT2D eigenvalue weighted by Gasteiger charge is 2.40. The SMILES string of the molecule is COC(c1ccc(CCC(=O)O)cc1)C(F)(F)F. The molecule has 0 heterocycles. The van der Waals surface area contributed by atoms with E-state index >= 15 is 0 Å². The van der Waals surface area contributed by atoms with E-state index in [0.29, 0.717) is 12.0 Å². The second-order valence-corrected chi connectivity index (χ2v) is 3.79. The summed E-state index contributed by atoms with van der Waals surface area (Å²) in [6.07, 6.45) is -6.17. The number of carboxylic acids is 1. The third-order valence-corrected chi connectivity index (χ3v) is 2.44. The molecule has 0 radical (unpaired) electrons. The van der Waals surface area contributed by atoms with Gasteiger partial charge in [-0.2, -0.15) is 13.2 Å². The minimum Gasteiger partial charge on any atom is -0.481 e. The van der Waals surface area contributed by atoms with Crippen molar-refractivity contribution in [2.24, 2.45) is 0 Å². The van der Waals surface area contributed by atoms with Gasteiger partial charge in [0, 0.05) is 13.5 Å². The van der Waals surface area contributed by atoms with Gasteiger partial charge in [-0.1, -0.05) is 24.3 Å². The van der Waals surface area contributed by atoms with E-state index in [0.717, 1.165) is 7.11 Å². The van der Waals surface area contributed by atoms with Gasteiger partial charge in [0.05, 0.1) is 0 Å². The molecule has 1 atom stereocenters. The molecule has 0 saturated heterocycles. The maximum Gasteiger partial charge on any atom is 0.418 e. The number of ether oxygens (including phenoxy) is 1. The van der Waals surface area contributed by atoms with Gasteiger partial charge in [0.2, 0.25) is 0 Å². The average Bonchev–Trinajstić information content (AvgIpc) is 2.27. The van der Waals surface area contributed by atoms with Crippen molar-refractivity contribution in [3.8, 4) is 0 Å². The number of hydrogen-bond donors (Lipinski definition) is 1. The molecule has 0 spiro atoms. The Balaban J connectivity index is 2.78. The van der Waals surface area contributed by atoms with Crippen molar-refractivity contribution >= 4 is 5.97 Å². The van der Waals surface area contributed by atoms with Gasteiger partial charge in [-0.05, 0) is 17.5 Å². The van der Waals surface area contributed by atoms with E-state index in [1.807, 2.05) is 0 Å². The first-order valence-corrected chi connectivity index (χ1v) is 5.24. The Bertz CT molecular complexity index is 398. The lowest BCUT2D eigenvalue weighted by molar-refractivity contribution is -0.215. The molecule has 18 heavy (non-hydrogen) atoms. The fraction of sp³-hybridized carbons (Fsp3) is 0.417. The lowest BCUT2D eigenvalue weighted by Gasteiger charge is -2.19. The normalized spacial score (nSPS) is 13.3. The second kappa shape index (κ2) is 5.86. The van der Waals surface area contributed by atoms with Gasteiger partial charge < -0.3 is 9.84 Å². The number of aliphatic carboxylic acids is 1. The van der Waals surface area contributed by atoms with Crippen molar-refractivity contribution < 1.29 is 27.8 Å². The van der Waals surface area contributed by atoms with Crippen LogP contribution >= 0.6 is 0 Å². The van der Waals surface area contributed by atoms with Gasteiger partial charge in [-0.25, -0.2) is 0 Å². The smallest absolute Gasteiger partial charge is 0.418 e. The Hall–Kier alpha value is -1.56. The van der Waals surface area contributed by atoms with Crippen LogP contribution in [0.1, 0.15) is 23.7 Å². The maximum atomic E-state index is 12.6. The summed E-state index contributed by atoms with van der Waals surface area (Å²) in [5.74, 6) is -0.941. The van der Waals surface area contributed by atoms with E-state index in [1.165, 1.54) is 24.3 Å². The van der Waals surface area contributed by atoms with Crippen molar-refractivity contribution in [2.45, 2.75) is 25.1 Å². The molecule has 0 fully saturated rings. The number of halogens is 3. The summed E-state index contributed by atoms with van der Waals surface area (Å²) >= 11 is 0. The van der Waals surface area contributed by atoms with Gasteiger partial charge in [0.1, 0.15) is 0 Å². The summed E-state index contributed by atoms with van der Waals surface area (Å²) in [4.78, 5) is 10.4. The highest BCUT2D eigenvalue weighted by Crippen LogP contribution is 2.35. The van der Waals surface area contributed by atoms with Crippen molar-refractivity contribution in [3.63, 3.8) is 0 Å². The molecule has 1 aromatic rings. The number of rotatable bonds is 5. The molecule has 0 aliphatic rings. The van der Waals surface area contributed by atoms with Crippen molar-refractivity contribution in [1.29, 1.82) is 0 Å². The molecule has 3 nitrogen and oxygen atoms in total. The molecule has 0 aliphatic carbocycles. The fourth-order valence-corrected chi connectivity index (χ4v) is 1.57. The van der Waals surface area contributed by atoms with E-state index in [1.54, 1.807) is 0 Å². The zero-order valence-electron chi connectivity index (χ0n) is 9.70. The molecule has 6 heteroatoms. The Morgan fingerprint density at radius 2 is 1.89 bits per heavy atom. The van der Waals surface area contributed by atoms with Crippen LogP contribution in [-0.2, 0) is 16.0 Å². The van der Waals surface area contributed by atoms with Gasteiger partial charge in [-0.15, -0.1) is 0 Å². The second-order valence-electron chi connectivity index (χ2n) is 3.79. The number of aryl methyl sites for hydroxylation is 1. The Morgan fingerprint density at radius 1 is 1.33 bits per heavy atom. The molecule has 0 amide bonds. The minimum absolute atomic E-state index is 0.00377. The quantitative estimate of drug-likeness (QED) is 0.887. The highest BCUT2D eigenvalue weighted by atomic mass is 19.4. The Labute approximate surface area is 102 Å². The molecule has 0 aliphatic heterocycles. The van der Waals surface area contributed by atoms with Crippen LogP contribution in [0.5, 0.6) is 0 Å². The number of benzene rings is 1. The number of carbonyl (C=O) groups is 1. The number of carboxylic acid groups (broad SMARTS) is 1. The molecule has 0 saturated carbocycles. The largest absolute Gasteiger partial charge is 0.481 e. The molecule has 1 aromatic carbocycles. The fourth-order valence-electron chi connectivity index (χ4n) is 1.57. The molecule has 0 aromatic heterocycles. The first-order valence-electron chi connectivity index (χ1n) is 5.24. The van der Waals surface area contributed by atoms with Crippen molar-refractivity contribution in [2.75, 3.05) is 7.11 Å². The topological polar surface area (TPSA) is 46.5 Å². The maximum absolute atomic E-state index is 12.6. The van der Waals surface area contributed by atoms with Crippen molar-refractivity contribution in [3.05, 3.63) is 35.4 Å². The van der Waals surface area contributed by atoms with Crippen LogP contribution in [0.15, 0.2) is 24.3 Å². The standard InChI is InChI=1S/C12H13F3O3/c1-18-11(12(13,14)15)9-5-2-8(3-6-9)4-7-10(16)17/h2-3,5-6,11H,4,7H2,1H3,(H,16,17). The van der Waals surface area contributed by atoms with Gasteiger partial charge in [-0.3, -0.25) is 4.79 Å². The molecular formula is C12H13F3O3. The number of methoxy groups -OCH3 is 1. The Morgan fingerprint density at radius 3 is 2.28 bits per heavy atom. The monoisotopic (exact) mass is 262 g/mol. The van der Waals surface area contributed by atoms with Crippen LogP contribution in [0.25, 0.3) is 0 Å². The summed E-state index contributed by atoms with van der Waals surface area (Å²) in [6, 6.07) is 5.57. The van der Waals surface area contributed by atoms with E-state index in [9.17, 15) is 18.0 Å². The van der Waals surface area contributed by atoms with Crippen LogP contribution in [0.2, 0.25) is 0 Å². The third-order valence-electron chi connectivity index (χ3n) is 2.44. The summed E-state index contributed by atoms with van der Waals surface area (Å²) in [5, 5.41) is 8.49. The molecule has 1 N–H and O–H groups in total.